The molecule has 8 heteroatoms. The zero-order valence-electron chi connectivity index (χ0n) is 10.7. The molecule has 0 aliphatic heterocycles. The molecular formula is C11H18N4O3S. The van der Waals surface area contributed by atoms with E-state index in [0.29, 0.717) is 11.3 Å². The maximum Gasteiger partial charge on any atom is 0.253 e. The molecule has 0 aliphatic rings. The number of amides is 1. The first-order chi connectivity index (χ1) is 8.94. The minimum absolute atomic E-state index is 0.0206. The first-order valence-electron chi connectivity index (χ1n) is 5.90. The number of anilines is 1. The molecular weight excluding hydrogens is 268 g/mol. The Hall–Kier alpha value is -1.67. The number of carbonyl (C=O) groups is 1. The van der Waals surface area contributed by atoms with Crippen LogP contribution in [0.25, 0.3) is 0 Å². The summed E-state index contributed by atoms with van der Waals surface area (Å²) < 4.78 is 21.5. The maximum atomic E-state index is 11.9. The lowest BCUT2D eigenvalue weighted by Crippen LogP contribution is -2.31. The topological polar surface area (TPSA) is 114 Å². The Morgan fingerprint density at radius 2 is 2.16 bits per heavy atom. The molecule has 0 radical (unpaired) electrons. The Morgan fingerprint density at radius 1 is 1.42 bits per heavy atom. The minimum atomic E-state index is -3.57. The molecule has 0 bridgehead atoms. The van der Waals surface area contributed by atoms with Gasteiger partial charge in [0.15, 0.2) is 0 Å². The summed E-state index contributed by atoms with van der Waals surface area (Å²) in [5.74, 6) is -0.647. The van der Waals surface area contributed by atoms with Crippen LogP contribution in [0.2, 0.25) is 0 Å². The van der Waals surface area contributed by atoms with Gasteiger partial charge in [0.1, 0.15) is 0 Å². The second-order valence-electron chi connectivity index (χ2n) is 3.97. The van der Waals surface area contributed by atoms with E-state index in [0.717, 1.165) is 13.0 Å². The van der Waals surface area contributed by atoms with Crippen molar-refractivity contribution < 1.29 is 13.2 Å². The van der Waals surface area contributed by atoms with Crippen LogP contribution in [0.5, 0.6) is 0 Å². The van der Waals surface area contributed by atoms with E-state index in [1.807, 2.05) is 6.92 Å². The summed E-state index contributed by atoms with van der Waals surface area (Å²) in [6.07, 6.45) is 3.98. The molecule has 0 saturated carbocycles. The lowest BCUT2D eigenvalue weighted by atomic mass is 10.2. The molecule has 4 N–H and O–H groups in total. The molecule has 0 aromatic carbocycles. The number of hydrogen-bond donors (Lipinski definition) is 3. The van der Waals surface area contributed by atoms with Gasteiger partial charge in [0.05, 0.1) is 23.2 Å². The highest BCUT2D eigenvalue weighted by atomic mass is 32.2. The Balaban J connectivity index is 2.65. The molecule has 19 heavy (non-hydrogen) atoms. The number of nitrogens with zero attached hydrogens (tertiary/aromatic N) is 1. The number of nitrogens with two attached hydrogens (primary N) is 1. The van der Waals surface area contributed by atoms with E-state index in [4.69, 9.17) is 5.14 Å². The summed E-state index contributed by atoms with van der Waals surface area (Å²) >= 11 is 0. The molecule has 1 heterocycles. The molecule has 0 unspecified atom stereocenters. The average Bonchev–Trinajstić information content (AvgIpc) is 2.35. The van der Waals surface area contributed by atoms with Crippen molar-refractivity contribution in [1.82, 2.24) is 10.3 Å². The molecule has 1 rings (SSSR count). The fraction of sp³-hybridized carbons (Fsp3) is 0.455. The summed E-state index contributed by atoms with van der Waals surface area (Å²) in [5, 5.41) is 10.4. The highest BCUT2D eigenvalue weighted by molar-refractivity contribution is 7.89. The van der Waals surface area contributed by atoms with Crippen molar-refractivity contribution in [3.05, 3.63) is 24.0 Å². The van der Waals surface area contributed by atoms with Gasteiger partial charge < -0.3 is 10.6 Å². The Bertz CT molecular complexity index is 530. The molecule has 7 nitrogen and oxygen atoms in total. The van der Waals surface area contributed by atoms with Gasteiger partial charge in [-0.3, -0.25) is 9.78 Å². The fourth-order valence-corrected chi connectivity index (χ4v) is 1.78. The van der Waals surface area contributed by atoms with E-state index in [1.54, 1.807) is 12.3 Å². The lowest BCUT2D eigenvalue weighted by molar-refractivity contribution is 0.0957. The van der Waals surface area contributed by atoms with E-state index >= 15 is 0 Å². The van der Waals surface area contributed by atoms with Gasteiger partial charge in [0, 0.05) is 19.3 Å². The Labute approximate surface area is 112 Å². The normalized spacial score (nSPS) is 11.1. The zero-order valence-corrected chi connectivity index (χ0v) is 11.5. The van der Waals surface area contributed by atoms with Crippen LogP contribution in [0.3, 0.4) is 0 Å². The van der Waals surface area contributed by atoms with Crippen molar-refractivity contribution in [2.24, 2.45) is 5.14 Å². The number of aromatic nitrogens is 1. The summed E-state index contributed by atoms with van der Waals surface area (Å²) in [5.41, 5.74) is 1.05. The van der Waals surface area contributed by atoms with Gasteiger partial charge >= 0.3 is 0 Å². The molecule has 106 valence electrons. The van der Waals surface area contributed by atoms with E-state index in [9.17, 15) is 13.2 Å². The third-order valence-corrected chi connectivity index (χ3v) is 3.08. The molecule has 1 aromatic heterocycles. The number of sulfonamides is 1. The standard InChI is InChI=1S/C11H18N4O3S/c1-2-4-14-10-8-13-5-3-9(10)11(16)15-6-7-19(12,17)18/h3,5,8,14H,2,4,6-7H2,1H3,(H,15,16)(H2,12,17,18). The summed E-state index contributed by atoms with van der Waals surface area (Å²) in [6.45, 7) is 2.71. The lowest BCUT2D eigenvalue weighted by Gasteiger charge is -2.10. The van der Waals surface area contributed by atoms with Gasteiger partial charge in [-0.2, -0.15) is 0 Å². The summed E-state index contributed by atoms with van der Waals surface area (Å²) in [6, 6.07) is 1.57. The second kappa shape index (κ2) is 7.05. The second-order valence-corrected chi connectivity index (χ2v) is 5.70. The van der Waals surface area contributed by atoms with Crippen LogP contribution in [0, 0.1) is 0 Å². The van der Waals surface area contributed by atoms with Gasteiger partial charge in [0.2, 0.25) is 10.0 Å². The van der Waals surface area contributed by atoms with Crippen LogP contribution in [-0.4, -0.2) is 38.2 Å². The van der Waals surface area contributed by atoms with E-state index in [-0.39, 0.29) is 18.2 Å². The van der Waals surface area contributed by atoms with E-state index in [1.165, 1.54) is 6.20 Å². The molecule has 0 spiro atoms. The van der Waals surface area contributed by atoms with Crippen LogP contribution in [-0.2, 0) is 10.0 Å². The third kappa shape index (κ3) is 5.66. The quantitative estimate of drug-likeness (QED) is 0.648. The van der Waals surface area contributed by atoms with Crippen molar-refractivity contribution >= 4 is 21.6 Å². The number of nitrogens with one attached hydrogen (secondary N) is 2. The Morgan fingerprint density at radius 3 is 2.79 bits per heavy atom. The smallest absolute Gasteiger partial charge is 0.253 e. The highest BCUT2D eigenvalue weighted by Gasteiger charge is 2.11. The molecule has 1 amide bonds. The number of hydrogen-bond acceptors (Lipinski definition) is 5. The van der Waals surface area contributed by atoms with E-state index in [2.05, 4.69) is 15.6 Å². The average molecular weight is 286 g/mol. The van der Waals surface area contributed by atoms with Crippen molar-refractivity contribution in [3.63, 3.8) is 0 Å². The van der Waals surface area contributed by atoms with Gasteiger partial charge in [-0.1, -0.05) is 6.92 Å². The van der Waals surface area contributed by atoms with Crippen molar-refractivity contribution in [3.8, 4) is 0 Å². The number of carbonyl (C=O) groups excluding carboxylic acids is 1. The number of pyridine rings is 1. The monoisotopic (exact) mass is 286 g/mol. The summed E-state index contributed by atoms with van der Waals surface area (Å²) in [7, 11) is -3.57. The van der Waals surface area contributed by atoms with Crippen molar-refractivity contribution in [2.75, 3.05) is 24.2 Å². The molecule has 0 aliphatic carbocycles. The predicted molar refractivity (Wildman–Crippen MR) is 73.3 cm³/mol. The summed E-state index contributed by atoms with van der Waals surface area (Å²) in [4.78, 5) is 15.8. The van der Waals surface area contributed by atoms with Crippen LogP contribution < -0.4 is 15.8 Å². The molecule has 0 atom stereocenters. The zero-order chi connectivity index (χ0) is 14.3. The molecule has 0 saturated heterocycles. The number of rotatable bonds is 7. The van der Waals surface area contributed by atoms with Crippen LogP contribution in [0.1, 0.15) is 23.7 Å². The van der Waals surface area contributed by atoms with Crippen molar-refractivity contribution in [2.45, 2.75) is 13.3 Å². The largest absolute Gasteiger partial charge is 0.383 e. The fourth-order valence-electron chi connectivity index (χ4n) is 1.40. The minimum Gasteiger partial charge on any atom is -0.383 e. The predicted octanol–water partition coefficient (Wildman–Crippen LogP) is -0.0782. The van der Waals surface area contributed by atoms with Gasteiger partial charge in [-0.05, 0) is 12.5 Å². The molecule has 1 aromatic rings. The van der Waals surface area contributed by atoms with Crippen LogP contribution in [0.4, 0.5) is 5.69 Å². The number of primary sulfonamides is 1. The first-order valence-corrected chi connectivity index (χ1v) is 7.62. The third-order valence-electron chi connectivity index (χ3n) is 2.30. The van der Waals surface area contributed by atoms with Crippen molar-refractivity contribution in [1.29, 1.82) is 0 Å². The van der Waals surface area contributed by atoms with Gasteiger partial charge in [0.25, 0.3) is 5.91 Å². The Kier molecular flexibility index (Phi) is 5.71. The maximum absolute atomic E-state index is 11.9. The SMILES string of the molecule is CCCNc1cnccc1C(=O)NCCS(N)(=O)=O. The highest BCUT2D eigenvalue weighted by Crippen LogP contribution is 2.12. The van der Waals surface area contributed by atoms with Gasteiger partial charge in [-0.15, -0.1) is 0 Å². The molecule has 0 fully saturated rings. The van der Waals surface area contributed by atoms with E-state index < -0.39 is 10.0 Å². The van der Waals surface area contributed by atoms with Crippen LogP contribution >= 0.6 is 0 Å². The van der Waals surface area contributed by atoms with Crippen LogP contribution in [0.15, 0.2) is 18.5 Å². The first kappa shape index (κ1) is 15.4. The van der Waals surface area contributed by atoms with Gasteiger partial charge in [-0.25, -0.2) is 13.6 Å².